The van der Waals surface area contributed by atoms with E-state index in [1.165, 1.54) is 4.68 Å². The standard InChI is InChI=1S/C21H29N5O4/c1-21(2,3)22-17(27)14-24-10-12-25(13-11-24)18(28)8-9-26-20(30)16-7-5-4-6-15(16)19(29)23-26/h4-7H,8-14H2,1-3H3,(H,22,27)(H,23,29). The van der Waals surface area contributed by atoms with Gasteiger partial charge in [-0.3, -0.25) is 29.2 Å². The molecular weight excluding hydrogens is 386 g/mol. The summed E-state index contributed by atoms with van der Waals surface area (Å²) in [4.78, 5) is 53.1. The van der Waals surface area contributed by atoms with Crippen LogP contribution in [0.25, 0.3) is 10.8 Å². The van der Waals surface area contributed by atoms with Gasteiger partial charge in [0.15, 0.2) is 0 Å². The third kappa shape index (κ3) is 5.35. The molecule has 2 aromatic rings. The molecule has 0 aliphatic carbocycles. The molecule has 30 heavy (non-hydrogen) atoms. The van der Waals surface area contributed by atoms with Crippen LogP contribution in [0, 0.1) is 0 Å². The van der Waals surface area contributed by atoms with Gasteiger partial charge in [-0.15, -0.1) is 0 Å². The van der Waals surface area contributed by atoms with Crippen molar-refractivity contribution in [2.75, 3.05) is 32.7 Å². The van der Waals surface area contributed by atoms with Gasteiger partial charge in [0.1, 0.15) is 0 Å². The lowest BCUT2D eigenvalue weighted by molar-refractivity contribution is -0.133. The molecule has 2 heterocycles. The Morgan fingerprint density at radius 1 is 1.03 bits per heavy atom. The lowest BCUT2D eigenvalue weighted by Crippen LogP contribution is -2.53. The highest BCUT2D eigenvalue weighted by molar-refractivity contribution is 5.80. The summed E-state index contributed by atoms with van der Waals surface area (Å²) in [6.45, 7) is 8.56. The van der Waals surface area contributed by atoms with E-state index in [-0.39, 0.29) is 41.4 Å². The molecule has 1 fully saturated rings. The number of benzene rings is 1. The number of carbonyl (C=O) groups excluding carboxylic acids is 2. The maximum absolute atomic E-state index is 12.6. The van der Waals surface area contributed by atoms with E-state index >= 15 is 0 Å². The monoisotopic (exact) mass is 415 g/mol. The van der Waals surface area contributed by atoms with E-state index in [1.807, 2.05) is 25.7 Å². The average molecular weight is 415 g/mol. The summed E-state index contributed by atoms with van der Waals surface area (Å²) in [6.07, 6.45) is 0.124. The van der Waals surface area contributed by atoms with Gasteiger partial charge < -0.3 is 10.2 Å². The first-order valence-electron chi connectivity index (χ1n) is 10.2. The van der Waals surface area contributed by atoms with Crippen molar-refractivity contribution in [2.45, 2.75) is 39.3 Å². The van der Waals surface area contributed by atoms with Crippen LogP contribution in [0.5, 0.6) is 0 Å². The number of rotatable bonds is 5. The van der Waals surface area contributed by atoms with Crippen molar-refractivity contribution in [3.05, 3.63) is 45.0 Å². The summed E-state index contributed by atoms with van der Waals surface area (Å²) in [5, 5.41) is 6.18. The van der Waals surface area contributed by atoms with E-state index in [0.29, 0.717) is 43.5 Å². The zero-order chi connectivity index (χ0) is 21.9. The molecule has 1 aromatic carbocycles. The van der Waals surface area contributed by atoms with Crippen LogP contribution in [0.3, 0.4) is 0 Å². The van der Waals surface area contributed by atoms with Gasteiger partial charge in [-0.25, -0.2) is 4.68 Å². The van der Waals surface area contributed by atoms with Crippen LogP contribution in [0.2, 0.25) is 0 Å². The Morgan fingerprint density at radius 3 is 2.30 bits per heavy atom. The highest BCUT2D eigenvalue weighted by atomic mass is 16.2. The lowest BCUT2D eigenvalue weighted by Gasteiger charge is -2.35. The molecule has 1 saturated heterocycles. The topological polar surface area (TPSA) is 108 Å². The molecule has 1 aromatic heterocycles. The summed E-state index contributed by atoms with van der Waals surface area (Å²) < 4.78 is 1.20. The lowest BCUT2D eigenvalue weighted by atomic mass is 10.1. The van der Waals surface area contributed by atoms with Crippen LogP contribution in [0.1, 0.15) is 27.2 Å². The number of aromatic nitrogens is 2. The number of fused-ring (bicyclic) bond motifs is 1. The van der Waals surface area contributed by atoms with E-state index in [1.54, 1.807) is 29.2 Å². The van der Waals surface area contributed by atoms with Crippen LogP contribution in [-0.4, -0.2) is 69.7 Å². The summed E-state index contributed by atoms with van der Waals surface area (Å²) >= 11 is 0. The molecule has 1 aliphatic rings. The molecule has 3 rings (SSSR count). The number of hydrogen-bond donors (Lipinski definition) is 2. The predicted molar refractivity (Wildman–Crippen MR) is 114 cm³/mol. The normalized spacial score (nSPS) is 15.4. The Balaban J connectivity index is 1.53. The number of hydrogen-bond acceptors (Lipinski definition) is 5. The van der Waals surface area contributed by atoms with Gasteiger partial charge >= 0.3 is 0 Å². The molecule has 0 unspecified atom stereocenters. The van der Waals surface area contributed by atoms with Crippen molar-refractivity contribution < 1.29 is 9.59 Å². The molecule has 0 saturated carbocycles. The molecule has 9 heteroatoms. The van der Waals surface area contributed by atoms with Crippen molar-refractivity contribution in [1.82, 2.24) is 24.9 Å². The van der Waals surface area contributed by atoms with Crippen molar-refractivity contribution in [1.29, 1.82) is 0 Å². The Morgan fingerprint density at radius 2 is 1.67 bits per heavy atom. The van der Waals surface area contributed by atoms with Crippen molar-refractivity contribution in [3.63, 3.8) is 0 Å². The van der Waals surface area contributed by atoms with Gasteiger partial charge in [-0.1, -0.05) is 12.1 Å². The zero-order valence-electron chi connectivity index (χ0n) is 17.7. The number of amides is 2. The van der Waals surface area contributed by atoms with Crippen LogP contribution in [0.15, 0.2) is 33.9 Å². The third-order valence-corrected chi connectivity index (χ3v) is 5.04. The minimum Gasteiger partial charge on any atom is -0.350 e. The maximum atomic E-state index is 12.6. The Labute approximate surface area is 174 Å². The zero-order valence-corrected chi connectivity index (χ0v) is 17.7. The van der Waals surface area contributed by atoms with Crippen molar-refractivity contribution in [3.8, 4) is 0 Å². The third-order valence-electron chi connectivity index (χ3n) is 5.04. The Kier molecular flexibility index (Phi) is 6.40. The molecule has 0 bridgehead atoms. The molecule has 9 nitrogen and oxygen atoms in total. The SMILES string of the molecule is CC(C)(C)NC(=O)CN1CCN(C(=O)CCn2[nH]c(=O)c3ccccc3c2=O)CC1. The van der Waals surface area contributed by atoms with Gasteiger partial charge in [0, 0.05) is 38.1 Å². The van der Waals surface area contributed by atoms with Gasteiger partial charge in [0.2, 0.25) is 11.8 Å². The summed E-state index contributed by atoms with van der Waals surface area (Å²) in [5.41, 5.74) is -0.927. The molecule has 162 valence electrons. The first-order chi connectivity index (χ1) is 14.1. The molecule has 1 aliphatic heterocycles. The summed E-state index contributed by atoms with van der Waals surface area (Å²) in [6, 6.07) is 6.63. The van der Waals surface area contributed by atoms with Gasteiger partial charge in [-0.05, 0) is 32.9 Å². The maximum Gasteiger partial charge on any atom is 0.273 e. The summed E-state index contributed by atoms with van der Waals surface area (Å²) in [7, 11) is 0. The molecule has 0 radical (unpaired) electrons. The second kappa shape index (κ2) is 8.83. The quantitative estimate of drug-likeness (QED) is 0.722. The molecule has 2 amide bonds. The van der Waals surface area contributed by atoms with E-state index < -0.39 is 0 Å². The van der Waals surface area contributed by atoms with Gasteiger partial charge in [0.05, 0.1) is 23.9 Å². The van der Waals surface area contributed by atoms with E-state index in [9.17, 15) is 19.2 Å². The van der Waals surface area contributed by atoms with Crippen molar-refractivity contribution in [2.24, 2.45) is 0 Å². The highest BCUT2D eigenvalue weighted by Crippen LogP contribution is 2.06. The van der Waals surface area contributed by atoms with E-state index in [2.05, 4.69) is 10.4 Å². The first kappa shape index (κ1) is 21.8. The largest absolute Gasteiger partial charge is 0.350 e. The second-order valence-electron chi connectivity index (χ2n) is 8.65. The van der Waals surface area contributed by atoms with Crippen LogP contribution in [0.4, 0.5) is 0 Å². The summed E-state index contributed by atoms with van der Waals surface area (Å²) in [5.74, 6) is -0.100. The number of piperazine rings is 1. The van der Waals surface area contributed by atoms with Crippen LogP contribution < -0.4 is 16.4 Å². The fraction of sp³-hybridized carbons (Fsp3) is 0.524. The van der Waals surface area contributed by atoms with Gasteiger partial charge in [-0.2, -0.15) is 0 Å². The van der Waals surface area contributed by atoms with Crippen molar-refractivity contribution >= 4 is 22.6 Å². The second-order valence-corrected chi connectivity index (χ2v) is 8.65. The van der Waals surface area contributed by atoms with Crippen LogP contribution in [-0.2, 0) is 16.1 Å². The minimum absolute atomic E-state index is 0.0260. The number of aryl methyl sites for hydroxylation is 1. The Hall–Kier alpha value is -2.94. The first-order valence-corrected chi connectivity index (χ1v) is 10.2. The smallest absolute Gasteiger partial charge is 0.273 e. The Bertz CT molecular complexity index is 1040. The predicted octanol–water partition coefficient (Wildman–Crippen LogP) is 0.139. The number of aromatic amines is 1. The molecular formula is C21H29N5O4. The minimum atomic E-state index is -0.347. The molecule has 0 atom stereocenters. The molecule has 2 N–H and O–H groups in total. The van der Waals surface area contributed by atoms with Crippen LogP contribution >= 0.6 is 0 Å². The van der Waals surface area contributed by atoms with E-state index in [4.69, 9.17) is 0 Å². The van der Waals surface area contributed by atoms with E-state index in [0.717, 1.165) is 0 Å². The average Bonchev–Trinajstić information content (AvgIpc) is 2.68. The fourth-order valence-electron chi connectivity index (χ4n) is 3.59. The van der Waals surface area contributed by atoms with Gasteiger partial charge in [0.25, 0.3) is 11.1 Å². The number of nitrogens with zero attached hydrogens (tertiary/aromatic N) is 3. The fourth-order valence-corrected chi connectivity index (χ4v) is 3.59. The number of carbonyl (C=O) groups is 2. The molecule has 0 spiro atoms. The number of nitrogens with one attached hydrogen (secondary N) is 2. The number of H-pyrrole nitrogens is 1. The highest BCUT2D eigenvalue weighted by Gasteiger charge is 2.23.